The molecule has 1 aromatic heterocycles. The molecule has 2 heterocycles. The molecule has 1 saturated heterocycles. The molecule has 0 spiro atoms. The molecule has 0 unspecified atom stereocenters. The molecule has 0 radical (unpaired) electrons. The maximum absolute atomic E-state index is 12.6. The van der Waals surface area contributed by atoms with E-state index in [1.165, 1.54) is 11.3 Å². The van der Waals surface area contributed by atoms with E-state index in [1.807, 2.05) is 25.1 Å². The average molecular weight is 348 g/mol. The molecule has 1 aliphatic heterocycles. The van der Waals surface area contributed by atoms with Crippen molar-refractivity contribution >= 4 is 17.2 Å². The van der Waals surface area contributed by atoms with Crippen molar-refractivity contribution < 1.29 is 19.0 Å². The molecule has 6 nitrogen and oxygen atoms in total. The van der Waals surface area contributed by atoms with Crippen LogP contribution in [-0.4, -0.2) is 55.8 Å². The van der Waals surface area contributed by atoms with E-state index >= 15 is 0 Å². The van der Waals surface area contributed by atoms with Crippen LogP contribution in [0, 0.1) is 0 Å². The van der Waals surface area contributed by atoms with Gasteiger partial charge < -0.3 is 19.1 Å². The van der Waals surface area contributed by atoms with Crippen molar-refractivity contribution in [1.29, 1.82) is 0 Å². The number of methoxy groups -OCH3 is 2. The third kappa shape index (κ3) is 3.22. The molecule has 1 atom stereocenters. The number of hydrogen-bond donors (Lipinski definition) is 0. The number of amides is 1. The van der Waals surface area contributed by atoms with Gasteiger partial charge in [-0.3, -0.25) is 4.79 Å². The first-order valence-corrected chi connectivity index (χ1v) is 8.59. The van der Waals surface area contributed by atoms with Crippen molar-refractivity contribution in [2.45, 2.75) is 13.0 Å². The molecule has 2 aromatic rings. The van der Waals surface area contributed by atoms with Crippen LogP contribution in [0.1, 0.15) is 17.4 Å². The molecule has 0 bridgehead atoms. The molecule has 7 heteroatoms. The molecule has 128 valence electrons. The minimum Gasteiger partial charge on any atom is -0.493 e. The highest BCUT2D eigenvalue weighted by Gasteiger charge is 2.25. The van der Waals surface area contributed by atoms with Crippen LogP contribution < -0.4 is 9.47 Å². The highest BCUT2D eigenvalue weighted by atomic mass is 32.1. The van der Waals surface area contributed by atoms with Crippen molar-refractivity contribution in [2.24, 2.45) is 0 Å². The SMILES string of the molecule is COc1cccc(-c2nc(C(=O)N3CCO[C@H](C)C3)cs2)c1OC. The van der Waals surface area contributed by atoms with Crippen LogP contribution in [0.2, 0.25) is 0 Å². The van der Waals surface area contributed by atoms with E-state index in [9.17, 15) is 4.79 Å². The smallest absolute Gasteiger partial charge is 0.273 e. The molecule has 3 rings (SSSR count). The first-order valence-electron chi connectivity index (χ1n) is 7.71. The Morgan fingerprint density at radius 2 is 2.21 bits per heavy atom. The van der Waals surface area contributed by atoms with Gasteiger partial charge in [0.15, 0.2) is 11.5 Å². The Kier molecular flexibility index (Phi) is 5.01. The summed E-state index contributed by atoms with van der Waals surface area (Å²) in [6.07, 6.45) is 0.0549. The number of morpholine rings is 1. The average Bonchev–Trinajstić information content (AvgIpc) is 3.10. The number of para-hydroxylation sites is 1. The summed E-state index contributed by atoms with van der Waals surface area (Å²) in [5, 5.41) is 2.52. The normalized spacial score (nSPS) is 17.6. The van der Waals surface area contributed by atoms with E-state index < -0.39 is 0 Å². The molecule has 0 N–H and O–H groups in total. The lowest BCUT2D eigenvalue weighted by Gasteiger charge is -2.30. The lowest BCUT2D eigenvalue weighted by Crippen LogP contribution is -2.44. The van der Waals surface area contributed by atoms with Crippen LogP contribution >= 0.6 is 11.3 Å². The second-order valence-corrected chi connectivity index (χ2v) is 6.37. The largest absolute Gasteiger partial charge is 0.493 e. The number of hydrogen-bond acceptors (Lipinski definition) is 6. The third-order valence-corrected chi connectivity index (χ3v) is 4.76. The Labute approximate surface area is 145 Å². The summed E-state index contributed by atoms with van der Waals surface area (Å²) < 4.78 is 16.3. The minimum atomic E-state index is -0.0606. The summed E-state index contributed by atoms with van der Waals surface area (Å²) in [4.78, 5) is 18.9. The van der Waals surface area contributed by atoms with Crippen LogP contribution in [0.3, 0.4) is 0 Å². The van der Waals surface area contributed by atoms with Gasteiger partial charge in [-0.2, -0.15) is 0 Å². The fourth-order valence-corrected chi connectivity index (χ4v) is 3.53. The van der Waals surface area contributed by atoms with E-state index in [1.54, 1.807) is 24.5 Å². The summed E-state index contributed by atoms with van der Waals surface area (Å²) in [5.41, 5.74) is 1.27. The van der Waals surface area contributed by atoms with Gasteiger partial charge >= 0.3 is 0 Å². The maximum Gasteiger partial charge on any atom is 0.273 e. The predicted octanol–water partition coefficient (Wildman–Crippen LogP) is 2.69. The van der Waals surface area contributed by atoms with E-state index in [0.717, 1.165) is 10.6 Å². The van der Waals surface area contributed by atoms with Crippen molar-refractivity contribution in [3.8, 4) is 22.1 Å². The number of benzene rings is 1. The van der Waals surface area contributed by atoms with Crippen molar-refractivity contribution in [3.63, 3.8) is 0 Å². The van der Waals surface area contributed by atoms with Gasteiger partial charge in [0.05, 0.1) is 32.5 Å². The zero-order valence-corrected chi connectivity index (χ0v) is 14.8. The highest BCUT2D eigenvalue weighted by molar-refractivity contribution is 7.13. The van der Waals surface area contributed by atoms with E-state index in [4.69, 9.17) is 14.2 Å². The first kappa shape index (κ1) is 16.7. The summed E-state index contributed by atoms with van der Waals surface area (Å²) >= 11 is 1.42. The lowest BCUT2D eigenvalue weighted by atomic mass is 10.2. The molecule has 1 aliphatic rings. The number of carbonyl (C=O) groups is 1. The van der Waals surface area contributed by atoms with Crippen LogP contribution in [-0.2, 0) is 4.74 Å². The van der Waals surface area contributed by atoms with Crippen molar-refractivity contribution in [2.75, 3.05) is 33.9 Å². The Balaban J connectivity index is 1.87. The number of nitrogens with zero attached hydrogens (tertiary/aromatic N) is 2. The van der Waals surface area contributed by atoms with Crippen molar-refractivity contribution in [1.82, 2.24) is 9.88 Å². The Hall–Kier alpha value is -2.12. The van der Waals surface area contributed by atoms with Gasteiger partial charge in [0.1, 0.15) is 10.7 Å². The molecule has 0 saturated carbocycles. The number of ether oxygens (including phenoxy) is 3. The molecule has 24 heavy (non-hydrogen) atoms. The fourth-order valence-electron chi connectivity index (χ4n) is 2.72. The lowest BCUT2D eigenvalue weighted by molar-refractivity contribution is -0.0126. The van der Waals surface area contributed by atoms with E-state index in [2.05, 4.69) is 4.98 Å². The molecule has 1 fully saturated rings. The van der Waals surface area contributed by atoms with Crippen LogP contribution in [0.5, 0.6) is 11.5 Å². The number of carbonyl (C=O) groups excluding carboxylic acids is 1. The molecular formula is C17H20N2O4S. The molecule has 1 amide bonds. The standard InChI is InChI=1S/C17H20N2O4S/c1-11-9-19(7-8-23-11)17(20)13-10-24-16(18-13)12-5-4-6-14(21-2)15(12)22-3/h4-6,10-11H,7-9H2,1-3H3/t11-/m1/s1. The number of thiazole rings is 1. The second-order valence-electron chi connectivity index (χ2n) is 5.51. The van der Waals surface area contributed by atoms with Gasteiger partial charge in [-0.25, -0.2) is 4.98 Å². The number of rotatable bonds is 4. The Bertz CT molecular complexity index is 731. The second kappa shape index (κ2) is 7.19. The van der Waals surface area contributed by atoms with Crippen LogP contribution in [0.15, 0.2) is 23.6 Å². The third-order valence-electron chi connectivity index (χ3n) is 3.88. The van der Waals surface area contributed by atoms with Gasteiger partial charge in [0.25, 0.3) is 5.91 Å². The van der Waals surface area contributed by atoms with Gasteiger partial charge in [0.2, 0.25) is 0 Å². The van der Waals surface area contributed by atoms with Gasteiger partial charge in [-0.1, -0.05) is 6.07 Å². The van der Waals surface area contributed by atoms with Crippen molar-refractivity contribution in [3.05, 3.63) is 29.3 Å². The maximum atomic E-state index is 12.6. The van der Waals surface area contributed by atoms with Gasteiger partial charge in [-0.05, 0) is 19.1 Å². The molecule has 0 aliphatic carbocycles. The van der Waals surface area contributed by atoms with Gasteiger partial charge in [0, 0.05) is 18.5 Å². The topological polar surface area (TPSA) is 60.9 Å². The summed E-state index contributed by atoms with van der Waals surface area (Å²) in [6, 6.07) is 5.62. The minimum absolute atomic E-state index is 0.0549. The first-order chi connectivity index (χ1) is 11.6. The van der Waals surface area contributed by atoms with Crippen LogP contribution in [0.25, 0.3) is 10.6 Å². The predicted molar refractivity (Wildman–Crippen MR) is 92.0 cm³/mol. The van der Waals surface area contributed by atoms with Crippen LogP contribution in [0.4, 0.5) is 0 Å². The highest BCUT2D eigenvalue weighted by Crippen LogP contribution is 2.39. The quantitative estimate of drug-likeness (QED) is 0.850. The molecule has 1 aromatic carbocycles. The Morgan fingerprint density at radius 1 is 1.38 bits per heavy atom. The monoisotopic (exact) mass is 348 g/mol. The summed E-state index contributed by atoms with van der Waals surface area (Å²) in [5.74, 6) is 1.20. The zero-order chi connectivity index (χ0) is 17.1. The van der Waals surface area contributed by atoms with E-state index in [-0.39, 0.29) is 12.0 Å². The zero-order valence-electron chi connectivity index (χ0n) is 13.9. The van der Waals surface area contributed by atoms with E-state index in [0.29, 0.717) is 36.9 Å². The Morgan fingerprint density at radius 3 is 2.92 bits per heavy atom. The summed E-state index contributed by atoms with van der Waals surface area (Å²) in [7, 11) is 3.19. The number of aromatic nitrogens is 1. The molecular weight excluding hydrogens is 328 g/mol. The fraction of sp³-hybridized carbons (Fsp3) is 0.412. The summed E-state index contributed by atoms with van der Waals surface area (Å²) in [6.45, 7) is 3.72. The van der Waals surface area contributed by atoms with Gasteiger partial charge in [-0.15, -0.1) is 11.3 Å².